The molecule has 0 aliphatic rings. The number of benzene rings is 1. The minimum absolute atomic E-state index is 0.139. The lowest BCUT2D eigenvalue weighted by Gasteiger charge is -2.33. The van der Waals surface area contributed by atoms with Crippen LogP contribution in [-0.2, 0) is 10.5 Å². The number of nitrogens with one attached hydrogen (secondary N) is 1. The SMILES string of the molecule is CC(C)(C)CC(C)(C)NC(=O)CCSCc1ccccc1. The number of hydrogen-bond acceptors (Lipinski definition) is 2. The van der Waals surface area contributed by atoms with E-state index in [1.54, 1.807) is 0 Å². The highest BCUT2D eigenvalue weighted by Crippen LogP contribution is 2.26. The molecule has 0 atom stereocenters. The van der Waals surface area contributed by atoms with Gasteiger partial charge in [0.15, 0.2) is 0 Å². The van der Waals surface area contributed by atoms with Gasteiger partial charge in [-0.25, -0.2) is 0 Å². The minimum Gasteiger partial charge on any atom is -0.351 e. The number of hydrogen-bond donors (Lipinski definition) is 1. The molecular formula is C18H29NOS. The summed E-state index contributed by atoms with van der Waals surface area (Å²) in [5.74, 6) is 2.00. The number of rotatable bonds is 7. The Labute approximate surface area is 134 Å². The Bertz CT molecular complexity index is 434. The van der Waals surface area contributed by atoms with Gasteiger partial charge in [0.1, 0.15) is 0 Å². The lowest BCUT2D eigenvalue weighted by atomic mass is 9.82. The zero-order valence-electron chi connectivity index (χ0n) is 14.0. The molecule has 0 fully saturated rings. The van der Waals surface area contributed by atoms with Crippen molar-refractivity contribution < 1.29 is 4.79 Å². The van der Waals surface area contributed by atoms with Crippen LogP contribution < -0.4 is 5.32 Å². The largest absolute Gasteiger partial charge is 0.351 e. The third-order valence-electron chi connectivity index (χ3n) is 3.04. The Kier molecular flexibility index (Phi) is 6.79. The van der Waals surface area contributed by atoms with Crippen molar-refractivity contribution in [2.45, 2.75) is 58.8 Å². The Morgan fingerprint density at radius 2 is 1.71 bits per heavy atom. The highest BCUT2D eigenvalue weighted by molar-refractivity contribution is 7.98. The molecule has 0 aromatic heterocycles. The summed E-state index contributed by atoms with van der Waals surface area (Å²) in [6.45, 7) is 10.8. The van der Waals surface area contributed by atoms with Gasteiger partial charge >= 0.3 is 0 Å². The first kappa shape index (κ1) is 18.1. The van der Waals surface area contributed by atoms with Crippen LogP contribution in [0.5, 0.6) is 0 Å². The molecule has 1 amide bonds. The van der Waals surface area contributed by atoms with E-state index in [-0.39, 0.29) is 16.9 Å². The maximum Gasteiger partial charge on any atom is 0.221 e. The molecule has 0 heterocycles. The van der Waals surface area contributed by atoms with Gasteiger partial charge in [-0.2, -0.15) is 11.8 Å². The maximum absolute atomic E-state index is 12.0. The summed E-state index contributed by atoms with van der Waals surface area (Å²) in [6.07, 6.45) is 1.56. The van der Waals surface area contributed by atoms with Gasteiger partial charge in [0.05, 0.1) is 0 Å². The fourth-order valence-corrected chi connectivity index (χ4v) is 3.64. The quantitative estimate of drug-likeness (QED) is 0.743. The molecular weight excluding hydrogens is 278 g/mol. The molecule has 1 rings (SSSR count). The van der Waals surface area contributed by atoms with Crippen molar-refractivity contribution >= 4 is 17.7 Å². The Hall–Kier alpha value is -0.960. The number of carbonyl (C=O) groups excluding carboxylic acids is 1. The van der Waals surface area contributed by atoms with Crippen molar-refractivity contribution in [3.63, 3.8) is 0 Å². The predicted octanol–water partition coefficient (Wildman–Crippen LogP) is 4.64. The van der Waals surface area contributed by atoms with Gasteiger partial charge in [-0.05, 0) is 31.2 Å². The van der Waals surface area contributed by atoms with E-state index >= 15 is 0 Å². The molecule has 21 heavy (non-hydrogen) atoms. The van der Waals surface area contributed by atoms with Crippen LogP contribution in [0.2, 0.25) is 0 Å². The second-order valence-electron chi connectivity index (χ2n) is 7.46. The van der Waals surface area contributed by atoms with Crippen molar-refractivity contribution in [2.24, 2.45) is 5.41 Å². The zero-order chi connectivity index (χ0) is 15.9. The summed E-state index contributed by atoms with van der Waals surface area (Å²) in [6, 6.07) is 10.4. The molecule has 0 saturated heterocycles. The first-order valence-corrected chi connectivity index (χ1v) is 8.76. The third-order valence-corrected chi connectivity index (χ3v) is 4.07. The summed E-state index contributed by atoms with van der Waals surface area (Å²) in [5, 5.41) is 3.16. The molecule has 0 spiro atoms. The molecule has 0 saturated carbocycles. The molecule has 2 nitrogen and oxygen atoms in total. The van der Waals surface area contributed by atoms with Crippen LogP contribution >= 0.6 is 11.8 Å². The van der Waals surface area contributed by atoms with Gasteiger partial charge in [-0.3, -0.25) is 4.79 Å². The molecule has 0 aliphatic carbocycles. The standard InChI is InChI=1S/C18H29NOS/c1-17(2,3)14-18(4,5)19-16(20)11-12-21-13-15-9-7-6-8-10-15/h6-10H,11-14H2,1-5H3,(H,19,20). The second kappa shape index (κ2) is 7.88. The van der Waals surface area contributed by atoms with Crippen LogP contribution in [0.15, 0.2) is 30.3 Å². The lowest BCUT2D eigenvalue weighted by Crippen LogP contribution is -2.45. The minimum atomic E-state index is -0.139. The van der Waals surface area contributed by atoms with Gasteiger partial charge in [0.25, 0.3) is 0 Å². The van der Waals surface area contributed by atoms with Crippen molar-refractivity contribution in [3.8, 4) is 0 Å². The van der Waals surface area contributed by atoms with Crippen molar-refractivity contribution in [1.29, 1.82) is 0 Å². The fraction of sp³-hybridized carbons (Fsp3) is 0.611. The van der Waals surface area contributed by atoms with Crippen LogP contribution in [0.25, 0.3) is 0 Å². The Morgan fingerprint density at radius 1 is 1.10 bits per heavy atom. The van der Waals surface area contributed by atoms with Gasteiger partial charge < -0.3 is 5.32 Å². The Morgan fingerprint density at radius 3 is 2.29 bits per heavy atom. The van der Waals surface area contributed by atoms with E-state index in [1.807, 2.05) is 17.8 Å². The third kappa shape index (κ3) is 8.82. The zero-order valence-corrected chi connectivity index (χ0v) is 14.8. The summed E-state index contributed by atoms with van der Waals surface area (Å²) in [4.78, 5) is 12.0. The van der Waals surface area contributed by atoms with E-state index in [1.165, 1.54) is 5.56 Å². The molecule has 0 aliphatic heterocycles. The molecule has 1 N–H and O–H groups in total. The summed E-state index contributed by atoms with van der Waals surface area (Å²) in [7, 11) is 0. The van der Waals surface area contributed by atoms with Crippen molar-refractivity contribution in [2.75, 3.05) is 5.75 Å². The van der Waals surface area contributed by atoms with E-state index in [4.69, 9.17) is 0 Å². The van der Waals surface area contributed by atoms with Crippen molar-refractivity contribution in [3.05, 3.63) is 35.9 Å². The molecule has 3 heteroatoms. The number of amides is 1. The van der Waals surface area contributed by atoms with Gasteiger partial charge in [0, 0.05) is 23.5 Å². The van der Waals surface area contributed by atoms with Crippen LogP contribution in [0, 0.1) is 5.41 Å². The van der Waals surface area contributed by atoms with Gasteiger partial charge in [0.2, 0.25) is 5.91 Å². The lowest BCUT2D eigenvalue weighted by molar-refractivity contribution is -0.122. The van der Waals surface area contributed by atoms with Crippen molar-refractivity contribution in [1.82, 2.24) is 5.32 Å². The van der Waals surface area contributed by atoms with E-state index in [0.717, 1.165) is 17.9 Å². The van der Waals surface area contributed by atoms with Crippen LogP contribution in [0.3, 0.4) is 0 Å². The Balaban J connectivity index is 2.25. The molecule has 0 unspecified atom stereocenters. The first-order chi connectivity index (χ1) is 9.68. The fourth-order valence-electron chi connectivity index (χ4n) is 2.74. The van der Waals surface area contributed by atoms with E-state index < -0.39 is 0 Å². The average molecular weight is 308 g/mol. The van der Waals surface area contributed by atoms with Crippen LogP contribution in [0.4, 0.5) is 0 Å². The first-order valence-electron chi connectivity index (χ1n) is 7.61. The number of carbonyl (C=O) groups is 1. The van der Waals surface area contributed by atoms with Crippen LogP contribution in [0.1, 0.15) is 53.0 Å². The maximum atomic E-state index is 12.0. The van der Waals surface area contributed by atoms with Gasteiger partial charge in [-0.1, -0.05) is 51.1 Å². The smallest absolute Gasteiger partial charge is 0.221 e. The summed E-state index contributed by atoms with van der Waals surface area (Å²) in [5.41, 5.74) is 1.40. The molecule has 118 valence electrons. The number of thioether (sulfide) groups is 1. The predicted molar refractivity (Wildman–Crippen MR) is 93.5 cm³/mol. The van der Waals surface area contributed by atoms with E-state index in [9.17, 15) is 4.79 Å². The van der Waals surface area contributed by atoms with E-state index in [2.05, 4.69) is 64.2 Å². The van der Waals surface area contributed by atoms with Gasteiger partial charge in [-0.15, -0.1) is 0 Å². The average Bonchev–Trinajstić information content (AvgIpc) is 2.32. The highest BCUT2D eigenvalue weighted by atomic mass is 32.2. The topological polar surface area (TPSA) is 29.1 Å². The molecule has 1 aromatic rings. The molecule has 0 radical (unpaired) electrons. The van der Waals surface area contributed by atoms with E-state index in [0.29, 0.717) is 6.42 Å². The monoisotopic (exact) mass is 307 g/mol. The van der Waals surface area contributed by atoms with Crippen LogP contribution in [-0.4, -0.2) is 17.2 Å². The summed E-state index contributed by atoms with van der Waals surface area (Å²) >= 11 is 1.81. The normalized spacial score (nSPS) is 12.2. The summed E-state index contributed by atoms with van der Waals surface area (Å²) < 4.78 is 0. The highest BCUT2D eigenvalue weighted by Gasteiger charge is 2.26. The molecule has 0 bridgehead atoms. The molecule has 1 aromatic carbocycles. The second-order valence-corrected chi connectivity index (χ2v) is 8.56.